The number of esters is 1. The lowest BCUT2D eigenvalue weighted by Crippen LogP contribution is -2.45. The highest BCUT2D eigenvalue weighted by atomic mass is 32.1. The number of amides is 1. The molecule has 0 bridgehead atoms. The Bertz CT molecular complexity index is 1580. The lowest BCUT2D eigenvalue weighted by Gasteiger charge is -2.30. The van der Waals surface area contributed by atoms with Crippen molar-refractivity contribution in [2.75, 3.05) is 20.3 Å². The number of nitrogens with one attached hydrogen (secondary N) is 3. The number of para-hydroxylation sites is 1. The fourth-order valence-electron chi connectivity index (χ4n) is 4.17. The summed E-state index contributed by atoms with van der Waals surface area (Å²) in [5, 5.41) is 21.7. The molecule has 1 atom stereocenters. The molecule has 3 aromatic rings. The van der Waals surface area contributed by atoms with E-state index in [2.05, 4.69) is 21.2 Å². The highest BCUT2D eigenvalue weighted by Crippen LogP contribution is 2.35. The summed E-state index contributed by atoms with van der Waals surface area (Å²) >= 11 is 5.29. The van der Waals surface area contributed by atoms with Crippen molar-refractivity contribution in [2.24, 2.45) is 5.10 Å². The van der Waals surface area contributed by atoms with Crippen LogP contribution in [0.25, 0.3) is 11.3 Å². The Hall–Kier alpha value is -5.24. The number of rotatable bonds is 11. The molecule has 218 valence electrons. The first-order chi connectivity index (χ1) is 20.2. The minimum Gasteiger partial charge on any atom is -0.497 e. The maximum Gasteiger partial charge on any atom is 0.338 e. The Morgan fingerprint density at radius 2 is 2.00 bits per heavy atom. The Morgan fingerprint density at radius 3 is 2.74 bits per heavy atom. The van der Waals surface area contributed by atoms with Crippen molar-refractivity contribution in [1.82, 2.24) is 16.1 Å². The molecular formula is C28H27N5O8S. The molecule has 3 N–H and O–H groups in total. The van der Waals surface area contributed by atoms with Crippen LogP contribution in [-0.4, -0.2) is 48.5 Å². The number of carbonyl (C=O) groups excluding carboxylic acids is 2. The summed E-state index contributed by atoms with van der Waals surface area (Å²) in [5.41, 5.74) is 3.89. The van der Waals surface area contributed by atoms with Crippen LogP contribution in [0.5, 0.6) is 11.5 Å². The number of nitro groups is 1. The molecule has 2 heterocycles. The summed E-state index contributed by atoms with van der Waals surface area (Å²) in [6.45, 7) is 3.25. The summed E-state index contributed by atoms with van der Waals surface area (Å²) in [7, 11) is 1.42. The number of hydrogen-bond acceptors (Lipinski definition) is 10. The van der Waals surface area contributed by atoms with Gasteiger partial charge in [-0.3, -0.25) is 14.9 Å². The van der Waals surface area contributed by atoms with Crippen molar-refractivity contribution in [2.45, 2.75) is 19.9 Å². The van der Waals surface area contributed by atoms with Crippen LogP contribution < -0.4 is 25.5 Å². The third kappa shape index (κ3) is 6.90. The number of allylic oxidation sites excluding steroid dienone is 1. The van der Waals surface area contributed by atoms with E-state index in [4.69, 9.17) is 30.8 Å². The second-order valence-corrected chi connectivity index (χ2v) is 9.16. The number of ether oxygens (including phenoxy) is 3. The molecule has 0 spiro atoms. The van der Waals surface area contributed by atoms with Gasteiger partial charge in [-0.2, -0.15) is 5.10 Å². The highest BCUT2D eigenvalue weighted by molar-refractivity contribution is 7.80. The smallest absolute Gasteiger partial charge is 0.338 e. The van der Waals surface area contributed by atoms with Crippen molar-refractivity contribution >= 4 is 41.1 Å². The molecule has 42 heavy (non-hydrogen) atoms. The van der Waals surface area contributed by atoms with Gasteiger partial charge in [-0.15, -0.1) is 0 Å². The fourth-order valence-corrected chi connectivity index (χ4v) is 4.44. The Morgan fingerprint density at radius 1 is 1.21 bits per heavy atom. The Kier molecular flexibility index (Phi) is 9.50. The lowest BCUT2D eigenvalue weighted by atomic mass is 9.95. The largest absolute Gasteiger partial charge is 0.497 e. The summed E-state index contributed by atoms with van der Waals surface area (Å²) in [5.74, 6) is 0.118. The number of nitrogens with zero attached hydrogens (tertiary/aromatic N) is 2. The van der Waals surface area contributed by atoms with E-state index in [1.165, 1.54) is 25.5 Å². The first kappa shape index (κ1) is 29.7. The van der Waals surface area contributed by atoms with Gasteiger partial charge in [-0.25, -0.2) is 10.2 Å². The molecule has 1 aromatic heterocycles. The summed E-state index contributed by atoms with van der Waals surface area (Å²) in [4.78, 5) is 36.1. The highest BCUT2D eigenvalue weighted by Gasteiger charge is 2.32. The van der Waals surface area contributed by atoms with E-state index < -0.39 is 22.8 Å². The standard InChI is InChI=1S/C28H27N5O8S/c1-4-39-27(35)25-16(2)30-28(42)31-26(25)20-7-5-6-8-22(20)40-15-24(34)32-29-14-18-10-12-23(41-18)19-11-9-17(38-3)13-21(19)33(36)37/h5-14,26H,4,15H2,1-3H3,(H,32,34)(H2,30,31,42)/t26-/m0/s1. The number of hydrogen-bond donors (Lipinski definition) is 3. The number of carbonyl (C=O) groups is 2. The van der Waals surface area contributed by atoms with E-state index in [1.54, 1.807) is 56.3 Å². The van der Waals surface area contributed by atoms with Gasteiger partial charge in [0, 0.05) is 11.3 Å². The first-order valence-corrected chi connectivity index (χ1v) is 13.0. The van der Waals surface area contributed by atoms with Crippen molar-refractivity contribution in [3.8, 4) is 22.8 Å². The molecule has 14 heteroatoms. The van der Waals surface area contributed by atoms with Crippen LogP contribution >= 0.6 is 12.2 Å². The fraction of sp³-hybridized carbons (Fsp3) is 0.214. The predicted molar refractivity (Wildman–Crippen MR) is 156 cm³/mol. The molecule has 0 saturated heterocycles. The molecule has 1 aliphatic rings. The molecule has 13 nitrogen and oxygen atoms in total. The van der Waals surface area contributed by atoms with Crippen LogP contribution in [0.1, 0.15) is 31.2 Å². The number of thiocarbonyl (C=S) groups is 1. The summed E-state index contributed by atoms with van der Waals surface area (Å²) in [6, 6.07) is 13.8. The van der Waals surface area contributed by atoms with Gasteiger partial charge < -0.3 is 29.3 Å². The minimum absolute atomic E-state index is 0.181. The van der Waals surface area contributed by atoms with Gasteiger partial charge in [0.15, 0.2) is 11.7 Å². The zero-order chi connectivity index (χ0) is 30.2. The van der Waals surface area contributed by atoms with Crippen LogP contribution in [0.3, 0.4) is 0 Å². The normalized spacial score (nSPS) is 14.6. The number of furan rings is 1. The van der Waals surface area contributed by atoms with E-state index in [0.717, 1.165) is 0 Å². The lowest BCUT2D eigenvalue weighted by molar-refractivity contribution is -0.384. The third-order valence-electron chi connectivity index (χ3n) is 6.03. The van der Waals surface area contributed by atoms with Crippen LogP contribution in [0.15, 0.2) is 75.4 Å². The second-order valence-electron chi connectivity index (χ2n) is 8.75. The number of nitro benzene ring substituents is 1. The SMILES string of the molecule is CCOC(=O)C1=C(C)NC(=S)N[C@H]1c1ccccc1OCC(=O)NN=Cc1ccc(-c2ccc(OC)cc2[N+](=O)[O-])o1. The van der Waals surface area contributed by atoms with Crippen molar-refractivity contribution < 1.29 is 33.1 Å². The Labute approximate surface area is 245 Å². The van der Waals surface area contributed by atoms with Gasteiger partial charge in [0.05, 0.1) is 48.1 Å². The number of hydrazone groups is 1. The first-order valence-electron chi connectivity index (χ1n) is 12.6. The maximum absolute atomic E-state index is 12.7. The molecule has 0 unspecified atom stereocenters. The van der Waals surface area contributed by atoms with Gasteiger partial charge in [-0.05, 0) is 56.4 Å². The zero-order valence-electron chi connectivity index (χ0n) is 22.8. The van der Waals surface area contributed by atoms with Crippen LogP contribution in [0.4, 0.5) is 5.69 Å². The third-order valence-corrected chi connectivity index (χ3v) is 6.25. The quantitative estimate of drug-likeness (QED) is 0.0974. The Balaban J connectivity index is 1.41. The van der Waals surface area contributed by atoms with Gasteiger partial charge in [0.25, 0.3) is 11.6 Å². The molecule has 0 fully saturated rings. The van der Waals surface area contributed by atoms with Gasteiger partial charge in [0.2, 0.25) is 0 Å². The molecular weight excluding hydrogens is 566 g/mol. The number of benzene rings is 2. The van der Waals surface area contributed by atoms with Crippen molar-refractivity contribution in [3.05, 3.63) is 87.3 Å². The van der Waals surface area contributed by atoms with E-state index >= 15 is 0 Å². The molecule has 4 rings (SSSR count). The minimum atomic E-state index is -0.662. The average Bonchev–Trinajstić information content (AvgIpc) is 3.44. The van der Waals surface area contributed by atoms with Gasteiger partial charge in [0.1, 0.15) is 23.0 Å². The number of methoxy groups -OCH3 is 1. The molecule has 0 aliphatic carbocycles. The maximum atomic E-state index is 12.7. The van der Waals surface area contributed by atoms with Crippen LogP contribution in [0, 0.1) is 10.1 Å². The zero-order valence-corrected chi connectivity index (χ0v) is 23.7. The van der Waals surface area contributed by atoms with Gasteiger partial charge >= 0.3 is 5.97 Å². The monoisotopic (exact) mass is 593 g/mol. The molecule has 0 radical (unpaired) electrons. The second kappa shape index (κ2) is 13.4. The molecule has 0 saturated carbocycles. The topological polar surface area (TPSA) is 167 Å². The molecule has 1 aliphatic heterocycles. The van der Waals surface area contributed by atoms with Crippen LogP contribution in [-0.2, 0) is 14.3 Å². The predicted octanol–water partition coefficient (Wildman–Crippen LogP) is 3.75. The average molecular weight is 594 g/mol. The van der Waals surface area contributed by atoms with Crippen molar-refractivity contribution in [1.29, 1.82) is 0 Å². The van der Waals surface area contributed by atoms with Crippen LogP contribution in [0.2, 0.25) is 0 Å². The summed E-state index contributed by atoms with van der Waals surface area (Å²) in [6.07, 6.45) is 1.25. The van der Waals surface area contributed by atoms with E-state index in [1.807, 2.05) is 0 Å². The van der Waals surface area contributed by atoms with Gasteiger partial charge in [-0.1, -0.05) is 18.2 Å². The molecule has 1 amide bonds. The van der Waals surface area contributed by atoms with Crippen molar-refractivity contribution in [3.63, 3.8) is 0 Å². The summed E-state index contributed by atoms with van der Waals surface area (Å²) < 4.78 is 21.7. The van der Waals surface area contributed by atoms with E-state index in [0.29, 0.717) is 33.4 Å². The molecule has 2 aromatic carbocycles. The van der Waals surface area contributed by atoms with E-state index in [9.17, 15) is 19.7 Å². The van der Waals surface area contributed by atoms with E-state index in [-0.39, 0.29) is 36.0 Å².